The third-order valence-electron chi connectivity index (χ3n) is 5.41. The van der Waals surface area contributed by atoms with Gasteiger partial charge in [-0.2, -0.15) is 0 Å². The maximum Gasteiger partial charge on any atom is 0.343 e. The molecular formula is C25H30O4. The van der Waals surface area contributed by atoms with Crippen LogP contribution < -0.4 is 9.47 Å². The summed E-state index contributed by atoms with van der Waals surface area (Å²) in [5, 5.41) is 0. The van der Waals surface area contributed by atoms with E-state index in [1.807, 2.05) is 19.1 Å². The number of hydrogen-bond donors (Lipinski definition) is 0. The maximum atomic E-state index is 12.4. The average molecular weight is 395 g/mol. The second-order valence-electron chi connectivity index (χ2n) is 7.41. The average Bonchev–Trinajstić information content (AvgIpc) is 2.76. The summed E-state index contributed by atoms with van der Waals surface area (Å²) in [4.78, 5) is 12.4. The Morgan fingerprint density at radius 3 is 2.24 bits per heavy atom. The van der Waals surface area contributed by atoms with Gasteiger partial charge < -0.3 is 14.2 Å². The molecule has 0 heterocycles. The number of rotatable bonds is 8. The van der Waals surface area contributed by atoms with E-state index in [9.17, 15) is 4.79 Å². The number of carbonyl (C=O) groups is 1. The van der Waals surface area contributed by atoms with Gasteiger partial charge in [-0.3, -0.25) is 0 Å². The maximum absolute atomic E-state index is 12.4. The molecule has 4 heteroatoms. The zero-order valence-corrected chi connectivity index (χ0v) is 17.3. The molecule has 4 nitrogen and oxygen atoms in total. The Morgan fingerprint density at radius 1 is 0.966 bits per heavy atom. The summed E-state index contributed by atoms with van der Waals surface area (Å²) in [6, 6.07) is 15.0. The topological polar surface area (TPSA) is 44.8 Å². The summed E-state index contributed by atoms with van der Waals surface area (Å²) >= 11 is 0. The molecule has 0 amide bonds. The van der Waals surface area contributed by atoms with E-state index in [0.717, 1.165) is 5.75 Å². The Hall–Kier alpha value is -2.59. The summed E-state index contributed by atoms with van der Waals surface area (Å²) in [6.45, 7) is 3.23. The number of esters is 1. The second kappa shape index (κ2) is 10.8. The van der Waals surface area contributed by atoms with E-state index in [1.54, 1.807) is 31.4 Å². The van der Waals surface area contributed by atoms with Crippen molar-refractivity contribution >= 4 is 5.97 Å². The number of carbonyl (C=O) groups excluding carboxylic acids is 1. The van der Waals surface area contributed by atoms with Crippen molar-refractivity contribution in [2.24, 2.45) is 5.92 Å². The van der Waals surface area contributed by atoms with Crippen LogP contribution in [-0.4, -0.2) is 26.3 Å². The predicted molar refractivity (Wildman–Crippen MR) is 115 cm³/mol. The minimum absolute atomic E-state index is 0.340. The van der Waals surface area contributed by atoms with Gasteiger partial charge in [0, 0.05) is 7.11 Å². The largest absolute Gasteiger partial charge is 0.494 e. The van der Waals surface area contributed by atoms with Crippen LogP contribution >= 0.6 is 0 Å². The van der Waals surface area contributed by atoms with E-state index in [0.29, 0.717) is 36.4 Å². The van der Waals surface area contributed by atoms with E-state index in [2.05, 4.69) is 24.3 Å². The fourth-order valence-corrected chi connectivity index (χ4v) is 3.82. The van der Waals surface area contributed by atoms with Crippen molar-refractivity contribution < 1.29 is 19.0 Å². The third kappa shape index (κ3) is 6.20. The van der Waals surface area contributed by atoms with Crippen molar-refractivity contribution in [3.63, 3.8) is 0 Å². The SMILES string of the molecule is CCOc1ccc(OC(=O)c2ccc([C@H]3CC[C@H](/C=C/COC)CC3)cc2)cc1. The fraction of sp³-hybridized carbons (Fsp3) is 0.400. The summed E-state index contributed by atoms with van der Waals surface area (Å²) in [6.07, 6.45) is 9.17. The van der Waals surface area contributed by atoms with Gasteiger partial charge in [-0.05, 0) is 86.4 Å². The molecule has 154 valence electrons. The highest BCUT2D eigenvalue weighted by Crippen LogP contribution is 2.36. The second-order valence-corrected chi connectivity index (χ2v) is 7.41. The Morgan fingerprint density at radius 2 is 1.62 bits per heavy atom. The number of benzene rings is 2. The highest BCUT2D eigenvalue weighted by Gasteiger charge is 2.21. The van der Waals surface area contributed by atoms with Crippen LogP contribution in [0.25, 0.3) is 0 Å². The van der Waals surface area contributed by atoms with E-state index in [-0.39, 0.29) is 5.97 Å². The highest BCUT2D eigenvalue weighted by molar-refractivity contribution is 5.91. The summed E-state index contributed by atoms with van der Waals surface area (Å²) in [5.74, 6) is 2.17. The van der Waals surface area contributed by atoms with Gasteiger partial charge in [-0.1, -0.05) is 24.3 Å². The van der Waals surface area contributed by atoms with Crippen molar-refractivity contribution in [1.29, 1.82) is 0 Å². The molecule has 2 aromatic carbocycles. The molecule has 0 N–H and O–H groups in total. The smallest absolute Gasteiger partial charge is 0.343 e. The molecule has 0 unspecified atom stereocenters. The van der Waals surface area contributed by atoms with E-state index in [1.165, 1.54) is 31.2 Å². The molecule has 0 bridgehead atoms. The first kappa shape index (κ1) is 21.1. The first-order chi connectivity index (χ1) is 14.2. The van der Waals surface area contributed by atoms with Crippen LogP contribution in [0.5, 0.6) is 11.5 Å². The molecule has 1 aliphatic carbocycles. The minimum atomic E-state index is -0.340. The van der Waals surface area contributed by atoms with E-state index in [4.69, 9.17) is 14.2 Å². The molecular weight excluding hydrogens is 364 g/mol. The predicted octanol–water partition coefficient (Wildman–Crippen LogP) is 5.78. The van der Waals surface area contributed by atoms with Crippen LogP contribution in [0.2, 0.25) is 0 Å². The van der Waals surface area contributed by atoms with Crippen molar-refractivity contribution in [3.05, 3.63) is 71.8 Å². The molecule has 1 fully saturated rings. The van der Waals surface area contributed by atoms with Crippen molar-refractivity contribution in [2.75, 3.05) is 20.3 Å². The lowest BCUT2D eigenvalue weighted by molar-refractivity contribution is 0.0734. The van der Waals surface area contributed by atoms with Gasteiger partial charge in [0.05, 0.1) is 18.8 Å². The molecule has 1 saturated carbocycles. The number of allylic oxidation sites excluding steroid dienone is 1. The molecule has 0 spiro atoms. The van der Waals surface area contributed by atoms with E-state index >= 15 is 0 Å². The molecule has 2 aromatic rings. The minimum Gasteiger partial charge on any atom is -0.494 e. The Bertz CT molecular complexity index is 785. The molecule has 0 saturated heterocycles. The van der Waals surface area contributed by atoms with Gasteiger partial charge in [0.1, 0.15) is 11.5 Å². The molecule has 0 aliphatic heterocycles. The van der Waals surface area contributed by atoms with Crippen LogP contribution in [0.4, 0.5) is 0 Å². The van der Waals surface area contributed by atoms with Gasteiger partial charge >= 0.3 is 5.97 Å². The zero-order valence-electron chi connectivity index (χ0n) is 17.3. The number of hydrogen-bond acceptors (Lipinski definition) is 4. The van der Waals surface area contributed by atoms with Crippen LogP contribution in [0.1, 0.15) is 54.4 Å². The summed E-state index contributed by atoms with van der Waals surface area (Å²) in [5.41, 5.74) is 1.88. The number of ether oxygens (including phenoxy) is 3. The third-order valence-corrected chi connectivity index (χ3v) is 5.41. The van der Waals surface area contributed by atoms with E-state index < -0.39 is 0 Å². The van der Waals surface area contributed by atoms with Gasteiger partial charge in [0.25, 0.3) is 0 Å². The molecule has 0 atom stereocenters. The molecule has 29 heavy (non-hydrogen) atoms. The first-order valence-corrected chi connectivity index (χ1v) is 10.4. The lowest BCUT2D eigenvalue weighted by atomic mass is 9.78. The molecule has 0 aromatic heterocycles. The summed E-state index contributed by atoms with van der Waals surface area (Å²) < 4.78 is 15.9. The van der Waals surface area contributed by atoms with Crippen LogP contribution in [0, 0.1) is 5.92 Å². The number of methoxy groups -OCH3 is 1. The normalized spacial score (nSPS) is 19.2. The van der Waals surface area contributed by atoms with Crippen molar-refractivity contribution in [1.82, 2.24) is 0 Å². The zero-order chi connectivity index (χ0) is 20.5. The Labute approximate surface area is 173 Å². The summed E-state index contributed by atoms with van der Waals surface area (Å²) in [7, 11) is 1.72. The van der Waals surface area contributed by atoms with Crippen molar-refractivity contribution in [2.45, 2.75) is 38.5 Å². The lowest BCUT2D eigenvalue weighted by Crippen LogP contribution is -2.12. The monoisotopic (exact) mass is 394 g/mol. The molecule has 3 rings (SSSR count). The highest BCUT2D eigenvalue weighted by atomic mass is 16.5. The van der Waals surface area contributed by atoms with Crippen LogP contribution in [0.3, 0.4) is 0 Å². The Kier molecular flexibility index (Phi) is 7.88. The quantitative estimate of drug-likeness (QED) is 0.323. The van der Waals surface area contributed by atoms with Gasteiger partial charge in [-0.15, -0.1) is 0 Å². The lowest BCUT2D eigenvalue weighted by Gasteiger charge is -2.27. The van der Waals surface area contributed by atoms with Gasteiger partial charge in [0.15, 0.2) is 0 Å². The fourth-order valence-electron chi connectivity index (χ4n) is 3.82. The van der Waals surface area contributed by atoms with Gasteiger partial charge in [0.2, 0.25) is 0 Å². The van der Waals surface area contributed by atoms with Crippen LogP contribution in [-0.2, 0) is 4.74 Å². The molecule has 0 radical (unpaired) electrons. The van der Waals surface area contributed by atoms with Crippen LogP contribution in [0.15, 0.2) is 60.7 Å². The molecule has 1 aliphatic rings. The first-order valence-electron chi connectivity index (χ1n) is 10.4. The standard InChI is InChI=1S/C25H30O4/c1-3-28-23-14-16-24(17-15-23)29-25(26)22-12-10-21(11-13-22)20-8-6-19(7-9-20)5-4-18-27-2/h4-5,10-17,19-20H,3,6-9,18H2,1-2H3/b5-4+/t19-,20-. The van der Waals surface area contributed by atoms with Gasteiger partial charge in [-0.25, -0.2) is 4.79 Å². The Balaban J connectivity index is 1.52. The van der Waals surface area contributed by atoms with Crippen molar-refractivity contribution in [3.8, 4) is 11.5 Å².